The number of aromatic nitrogens is 1. The first kappa shape index (κ1) is 11.8. The summed E-state index contributed by atoms with van der Waals surface area (Å²) < 4.78 is 0. The Morgan fingerprint density at radius 3 is 3.11 bits per heavy atom. The number of benzene rings is 1. The molecule has 0 aliphatic carbocycles. The van der Waals surface area contributed by atoms with Gasteiger partial charge in [-0.1, -0.05) is 18.2 Å². The molecule has 0 saturated carbocycles. The van der Waals surface area contributed by atoms with E-state index in [4.69, 9.17) is 5.73 Å². The molecule has 18 heavy (non-hydrogen) atoms. The summed E-state index contributed by atoms with van der Waals surface area (Å²) in [7, 11) is 0. The van der Waals surface area contributed by atoms with Crippen LogP contribution in [0.15, 0.2) is 30.5 Å². The second kappa shape index (κ2) is 5.12. The molecule has 0 amide bonds. The van der Waals surface area contributed by atoms with Crippen molar-refractivity contribution >= 4 is 10.9 Å². The predicted molar refractivity (Wildman–Crippen MR) is 75.7 cm³/mol. The van der Waals surface area contributed by atoms with Crippen LogP contribution in [0.4, 0.5) is 0 Å². The first-order chi connectivity index (χ1) is 8.88. The Bertz CT molecular complexity index is 517. The summed E-state index contributed by atoms with van der Waals surface area (Å²) in [6.45, 7) is 3.14. The van der Waals surface area contributed by atoms with Crippen LogP contribution in [-0.2, 0) is 6.42 Å². The van der Waals surface area contributed by atoms with Crippen LogP contribution in [-0.4, -0.2) is 35.6 Å². The van der Waals surface area contributed by atoms with Gasteiger partial charge in [-0.05, 0) is 37.4 Å². The summed E-state index contributed by atoms with van der Waals surface area (Å²) in [5, 5.41) is 1.36. The van der Waals surface area contributed by atoms with Crippen LogP contribution in [0.3, 0.4) is 0 Å². The van der Waals surface area contributed by atoms with Crippen LogP contribution in [0.1, 0.15) is 18.4 Å². The Balaban J connectivity index is 1.69. The SMILES string of the molecule is NCC1CCCN1CCc1c[nH]c2ccccc12. The standard InChI is InChI=1S/C15H21N3/c16-10-13-4-3-8-18(13)9-7-12-11-17-15-6-2-1-5-14(12)15/h1-2,5-6,11,13,17H,3-4,7-10,16H2. The highest BCUT2D eigenvalue weighted by atomic mass is 15.2. The molecule has 1 aliphatic rings. The van der Waals surface area contributed by atoms with E-state index < -0.39 is 0 Å². The zero-order valence-corrected chi connectivity index (χ0v) is 10.7. The van der Waals surface area contributed by atoms with Crippen LogP contribution >= 0.6 is 0 Å². The third kappa shape index (κ3) is 2.16. The highest BCUT2D eigenvalue weighted by Gasteiger charge is 2.22. The zero-order valence-electron chi connectivity index (χ0n) is 10.7. The number of para-hydroxylation sites is 1. The molecule has 0 spiro atoms. The average molecular weight is 243 g/mol. The number of nitrogens with one attached hydrogen (secondary N) is 1. The Hall–Kier alpha value is -1.32. The van der Waals surface area contributed by atoms with E-state index in [1.54, 1.807) is 0 Å². The molecule has 1 aromatic heterocycles. The van der Waals surface area contributed by atoms with Gasteiger partial charge < -0.3 is 10.7 Å². The highest BCUT2D eigenvalue weighted by molar-refractivity contribution is 5.83. The largest absolute Gasteiger partial charge is 0.361 e. The van der Waals surface area contributed by atoms with Crippen molar-refractivity contribution in [1.29, 1.82) is 0 Å². The van der Waals surface area contributed by atoms with Crippen LogP contribution in [0.2, 0.25) is 0 Å². The molecule has 0 radical (unpaired) electrons. The molecule has 2 aromatic rings. The van der Waals surface area contributed by atoms with Crippen molar-refractivity contribution < 1.29 is 0 Å². The lowest BCUT2D eigenvalue weighted by molar-refractivity contribution is 0.262. The quantitative estimate of drug-likeness (QED) is 0.864. The Morgan fingerprint density at radius 2 is 2.22 bits per heavy atom. The minimum Gasteiger partial charge on any atom is -0.361 e. The minimum atomic E-state index is 0.607. The lowest BCUT2D eigenvalue weighted by Crippen LogP contribution is -2.36. The number of hydrogen-bond acceptors (Lipinski definition) is 2. The molecule has 2 heterocycles. The maximum absolute atomic E-state index is 5.82. The van der Waals surface area contributed by atoms with Crippen molar-refractivity contribution in [3.8, 4) is 0 Å². The first-order valence-electron chi connectivity index (χ1n) is 6.87. The molecular weight excluding hydrogens is 222 g/mol. The fourth-order valence-electron chi connectivity index (χ4n) is 3.06. The lowest BCUT2D eigenvalue weighted by atomic mass is 10.1. The summed E-state index contributed by atoms with van der Waals surface area (Å²) in [4.78, 5) is 5.89. The third-order valence-corrected chi connectivity index (χ3v) is 4.11. The van der Waals surface area contributed by atoms with E-state index in [1.165, 1.54) is 35.9 Å². The molecular formula is C15H21N3. The van der Waals surface area contributed by atoms with Crippen LogP contribution in [0.5, 0.6) is 0 Å². The van der Waals surface area contributed by atoms with E-state index in [0.717, 1.165) is 19.5 Å². The number of aromatic amines is 1. The molecule has 1 aromatic carbocycles. The van der Waals surface area contributed by atoms with Gasteiger partial charge in [0, 0.05) is 36.2 Å². The average Bonchev–Trinajstić information content (AvgIpc) is 3.02. The summed E-state index contributed by atoms with van der Waals surface area (Å²) in [5.41, 5.74) is 8.48. The van der Waals surface area contributed by atoms with Crippen LogP contribution in [0.25, 0.3) is 10.9 Å². The molecule has 1 atom stereocenters. The molecule has 3 rings (SSSR count). The molecule has 96 valence electrons. The molecule has 1 fully saturated rings. The maximum atomic E-state index is 5.82. The molecule has 3 nitrogen and oxygen atoms in total. The number of hydrogen-bond donors (Lipinski definition) is 2. The van der Waals surface area contributed by atoms with Gasteiger partial charge in [0.15, 0.2) is 0 Å². The molecule has 1 saturated heterocycles. The number of rotatable bonds is 4. The Morgan fingerprint density at radius 1 is 1.33 bits per heavy atom. The fraction of sp³-hybridized carbons (Fsp3) is 0.467. The number of H-pyrrole nitrogens is 1. The van der Waals surface area contributed by atoms with Crippen molar-refractivity contribution in [2.45, 2.75) is 25.3 Å². The lowest BCUT2D eigenvalue weighted by Gasteiger charge is -2.22. The molecule has 1 unspecified atom stereocenters. The molecule has 3 N–H and O–H groups in total. The Kier molecular flexibility index (Phi) is 3.35. The second-order valence-electron chi connectivity index (χ2n) is 5.18. The van der Waals surface area contributed by atoms with E-state index in [0.29, 0.717) is 6.04 Å². The summed E-state index contributed by atoms with van der Waals surface area (Å²) in [6.07, 6.45) is 5.83. The van der Waals surface area contributed by atoms with E-state index in [-0.39, 0.29) is 0 Å². The van der Waals surface area contributed by atoms with Crippen molar-refractivity contribution in [1.82, 2.24) is 9.88 Å². The minimum absolute atomic E-state index is 0.607. The molecule has 3 heteroatoms. The van der Waals surface area contributed by atoms with Gasteiger partial charge in [-0.2, -0.15) is 0 Å². The van der Waals surface area contributed by atoms with E-state index >= 15 is 0 Å². The fourth-order valence-corrected chi connectivity index (χ4v) is 3.06. The predicted octanol–water partition coefficient (Wildman–Crippen LogP) is 2.13. The van der Waals surface area contributed by atoms with Gasteiger partial charge in [-0.15, -0.1) is 0 Å². The van der Waals surface area contributed by atoms with Crippen molar-refractivity contribution in [3.05, 3.63) is 36.0 Å². The summed E-state index contributed by atoms with van der Waals surface area (Å²) >= 11 is 0. The van der Waals surface area contributed by atoms with Gasteiger partial charge in [0.25, 0.3) is 0 Å². The van der Waals surface area contributed by atoms with Gasteiger partial charge in [0.05, 0.1) is 0 Å². The van der Waals surface area contributed by atoms with Crippen LogP contribution < -0.4 is 5.73 Å². The summed E-state index contributed by atoms with van der Waals surface area (Å²) in [5.74, 6) is 0. The van der Waals surface area contributed by atoms with E-state index in [2.05, 4.69) is 40.3 Å². The van der Waals surface area contributed by atoms with Gasteiger partial charge in [-0.3, -0.25) is 4.90 Å². The third-order valence-electron chi connectivity index (χ3n) is 4.11. The zero-order chi connectivity index (χ0) is 12.4. The van der Waals surface area contributed by atoms with Gasteiger partial charge >= 0.3 is 0 Å². The number of fused-ring (bicyclic) bond motifs is 1. The van der Waals surface area contributed by atoms with Crippen LogP contribution in [0, 0.1) is 0 Å². The Labute approximate surface area is 108 Å². The maximum Gasteiger partial charge on any atom is 0.0456 e. The number of likely N-dealkylation sites (tertiary alicyclic amines) is 1. The highest BCUT2D eigenvalue weighted by Crippen LogP contribution is 2.21. The molecule has 0 bridgehead atoms. The van der Waals surface area contributed by atoms with Gasteiger partial charge in [0.2, 0.25) is 0 Å². The second-order valence-corrected chi connectivity index (χ2v) is 5.18. The van der Waals surface area contributed by atoms with Crippen molar-refractivity contribution in [3.63, 3.8) is 0 Å². The monoisotopic (exact) mass is 243 g/mol. The number of nitrogens with zero attached hydrogens (tertiary/aromatic N) is 1. The summed E-state index contributed by atoms with van der Waals surface area (Å²) in [6, 6.07) is 9.13. The first-order valence-corrected chi connectivity index (χ1v) is 6.87. The number of nitrogens with two attached hydrogens (primary N) is 1. The smallest absolute Gasteiger partial charge is 0.0456 e. The molecule has 1 aliphatic heterocycles. The van der Waals surface area contributed by atoms with Gasteiger partial charge in [0.1, 0.15) is 0 Å². The van der Waals surface area contributed by atoms with Crippen molar-refractivity contribution in [2.75, 3.05) is 19.6 Å². The van der Waals surface area contributed by atoms with Gasteiger partial charge in [-0.25, -0.2) is 0 Å². The van der Waals surface area contributed by atoms with E-state index in [1.807, 2.05) is 0 Å². The van der Waals surface area contributed by atoms with E-state index in [9.17, 15) is 0 Å². The van der Waals surface area contributed by atoms with Crippen molar-refractivity contribution in [2.24, 2.45) is 5.73 Å². The topological polar surface area (TPSA) is 45.0 Å². The normalized spacial score (nSPS) is 20.8.